The first-order valence-corrected chi connectivity index (χ1v) is 9.28. The van der Waals surface area contributed by atoms with Gasteiger partial charge in [-0.3, -0.25) is 4.79 Å². The van der Waals surface area contributed by atoms with Crippen molar-refractivity contribution in [2.75, 3.05) is 5.75 Å². The first-order valence-electron chi connectivity index (χ1n) is 7.41. The topological polar surface area (TPSA) is 72.7 Å². The van der Waals surface area contributed by atoms with E-state index in [-0.39, 0.29) is 11.7 Å². The Kier molecular flexibility index (Phi) is 5.27. The molecule has 3 rings (SSSR count). The van der Waals surface area contributed by atoms with E-state index in [9.17, 15) is 4.79 Å². The number of carbonyl (C=O) groups excluding carboxylic acids is 1. The van der Waals surface area contributed by atoms with E-state index in [0.29, 0.717) is 11.7 Å². The lowest BCUT2D eigenvalue weighted by atomic mass is 10.2. The molecule has 1 N–H and O–H groups in total. The summed E-state index contributed by atoms with van der Waals surface area (Å²) in [4.78, 5) is 13.2. The summed E-state index contributed by atoms with van der Waals surface area (Å²) in [5.41, 5.74) is 3.25. The summed E-state index contributed by atoms with van der Waals surface area (Å²) in [7, 11) is 0. The number of nitrogens with zero attached hydrogens (tertiary/aromatic N) is 4. The molecule has 124 valence electrons. The number of amides is 1. The lowest BCUT2D eigenvalue weighted by Gasteiger charge is -2.06. The molecule has 24 heavy (non-hydrogen) atoms. The van der Waals surface area contributed by atoms with Crippen molar-refractivity contribution in [1.29, 1.82) is 0 Å². The molecule has 0 radical (unpaired) electrons. The third-order valence-electron chi connectivity index (χ3n) is 3.47. The van der Waals surface area contributed by atoms with Crippen molar-refractivity contribution in [2.45, 2.75) is 25.5 Å². The molecule has 0 fully saturated rings. The average Bonchev–Trinajstić information content (AvgIpc) is 3.20. The molecule has 3 aromatic rings. The normalized spacial score (nSPS) is 10.8. The Morgan fingerprint density at radius 2 is 2.04 bits per heavy atom. The van der Waals surface area contributed by atoms with Gasteiger partial charge in [-0.15, -0.1) is 16.4 Å². The molecule has 2 heterocycles. The van der Waals surface area contributed by atoms with Gasteiger partial charge in [-0.25, -0.2) is 0 Å². The van der Waals surface area contributed by atoms with Gasteiger partial charge in [0.15, 0.2) is 0 Å². The Morgan fingerprint density at radius 1 is 1.25 bits per heavy atom. The quantitative estimate of drug-likeness (QED) is 0.685. The number of hydrogen-bond donors (Lipinski definition) is 1. The van der Waals surface area contributed by atoms with Gasteiger partial charge in [0.05, 0.1) is 18.0 Å². The third kappa shape index (κ3) is 4.01. The van der Waals surface area contributed by atoms with Gasteiger partial charge in [0.2, 0.25) is 11.1 Å². The first-order chi connectivity index (χ1) is 11.6. The van der Waals surface area contributed by atoms with Crippen molar-refractivity contribution in [3.05, 3.63) is 51.7 Å². The summed E-state index contributed by atoms with van der Waals surface area (Å²) in [6.07, 6.45) is 0. The minimum Gasteiger partial charge on any atom is -0.350 e. The molecule has 0 atom stereocenters. The number of hydrogen-bond acceptors (Lipinski definition) is 6. The molecule has 0 aliphatic carbocycles. The van der Waals surface area contributed by atoms with Crippen LogP contribution in [0, 0.1) is 13.8 Å². The lowest BCUT2D eigenvalue weighted by Crippen LogP contribution is -2.24. The predicted molar refractivity (Wildman–Crippen MR) is 95.5 cm³/mol. The average molecular weight is 359 g/mol. The maximum Gasteiger partial charge on any atom is 0.230 e. The Bertz CT molecular complexity index is 825. The van der Waals surface area contributed by atoms with Gasteiger partial charge >= 0.3 is 0 Å². The highest BCUT2D eigenvalue weighted by molar-refractivity contribution is 7.99. The smallest absolute Gasteiger partial charge is 0.230 e. The molecule has 6 nitrogen and oxygen atoms in total. The first kappa shape index (κ1) is 16.7. The molecule has 0 saturated heterocycles. The summed E-state index contributed by atoms with van der Waals surface area (Å²) < 4.78 is 1.64. The van der Waals surface area contributed by atoms with E-state index in [1.54, 1.807) is 16.0 Å². The van der Waals surface area contributed by atoms with Crippen molar-refractivity contribution in [3.8, 4) is 5.69 Å². The highest BCUT2D eigenvalue weighted by Crippen LogP contribution is 2.19. The van der Waals surface area contributed by atoms with Crippen LogP contribution in [0.1, 0.15) is 16.0 Å². The number of aryl methyl sites for hydroxylation is 2. The van der Waals surface area contributed by atoms with Crippen LogP contribution in [-0.2, 0) is 11.3 Å². The van der Waals surface area contributed by atoms with Crippen molar-refractivity contribution in [1.82, 2.24) is 25.5 Å². The van der Waals surface area contributed by atoms with Gasteiger partial charge in [0.1, 0.15) is 0 Å². The van der Waals surface area contributed by atoms with E-state index in [1.807, 2.05) is 43.5 Å². The number of nitrogens with one attached hydrogen (secondary N) is 1. The second-order valence-electron chi connectivity index (χ2n) is 5.30. The van der Waals surface area contributed by atoms with E-state index in [2.05, 4.69) is 26.9 Å². The zero-order chi connectivity index (χ0) is 16.9. The Hall–Kier alpha value is -2.19. The van der Waals surface area contributed by atoms with Crippen LogP contribution in [0.4, 0.5) is 0 Å². The number of tetrazole rings is 1. The molecule has 1 aromatic carbocycles. The van der Waals surface area contributed by atoms with Gasteiger partial charge < -0.3 is 5.32 Å². The van der Waals surface area contributed by atoms with Crippen molar-refractivity contribution < 1.29 is 4.79 Å². The van der Waals surface area contributed by atoms with Crippen LogP contribution in [-0.4, -0.2) is 31.9 Å². The van der Waals surface area contributed by atoms with Crippen LogP contribution in [0.5, 0.6) is 0 Å². The van der Waals surface area contributed by atoms with E-state index in [4.69, 9.17) is 0 Å². The summed E-state index contributed by atoms with van der Waals surface area (Å²) in [6, 6.07) is 9.96. The van der Waals surface area contributed by atoms with Crippen molar-refractivity contribution in [2.24, 2.45) is 0 Å². The van der Waals surface area contributed by atoms with Crippen LogP contribution < -0.4 is 5.32 Å². The van der Waals surface area contributed by atoms with E-state index < -0.39 is 0 Å². The summed E-state index contributed by atoms with van der Waals surface area (Å²) in [5, 5.41) is 17.3. The fraction of sp³-hybridized carbons (Fsp3) is 0.250. The summed E-state index contributed by atoms with van der Waals surface area (Å²) in [6.45, 7) is 4.63. The monoisotopic (exact) mass is 359 g/mol. The Morgan fingerprint density at radius 3 is 2.75 bits per heavy atom. The predicted octanol–water partition coefficient (Wildman–Crippen LogP) is 2.75. The fourth-order valence-electron chi connectivity index (χ4n) is 2.06. The molecule has 0 aliphatic heterocycles. The van der Waals surface area contributed by atoms with E-state index in [0.717, 1.165) is 5.69 Å². The standard InChI is InChI=1S/C16H17N5OS2/c1-11-3-5-13(6-4-11)21-16(18-19-20-21)24-10-15(22)17-9-14-12(2)7-8-23-14/h3-8H,9-10H2,1-2H3,(H,17,22). The summed E-state index contributed by atoms with van der Waals surface area (Å²) in [5.74, 6) is 0.239. The molecule has 0 aliphatic rings. The van der Waals surface area contributed by atoms with Crippen molar-refractivity contribution in [3.63, 3.8) is 0 Å². The molecule has 8 heteroatoms. The van der Waals surface area contributed by atoms with Crippen LogP contribution in [0.15, 0.2) is 40.9 Å². The summed E-state index contributed by atoms with van der Waals surface area (Å²) >= 11 is 2.97. The zero-order valence-electron chi connectivity index (χ0n) is 13.4. The van der Waals surface area contributed by atoms with Crippen LogP contribution in [0.3, 0.4) is 0 Å². The van der Waals surface area contributed by atoms with Crippen LogP contribution in [0.25, 0.3) is 5.69 Å². The number of rotatable bonds is 6. The van der Waals surface area contributed by atoms with Crippen LogP contribution in [0.2, 0.25) is 0 Å². The van der Waals surface area contributed by atoms with E-state index >= 15 is 0 Å². The largest absolute Gasteiger partial charge is 0.350 e. The number of thioether (sulfide) groups is 1. The second kappa shape index (κ2) is 7.59. The highest BCUT2D eigenvalue weighted by atomic mass is 32.2. The van der Waals surface area contributed by atoms with Gasteiger partial charge in [-0.1, -0.05) is 29.5 Å². The zero-order valence-corrected chi connectivity index (χ0v) is 15.0. The van der Waals surface area contributed by atoms with Gasteiger partial charge in [0.25, 0.3) is 0 Å². The molecule has 0 bridgehead atoms. The van der Waals surface area contributed by atoms with Gasteiger partial charge in [-0.2, -0.15) is 4.68 Å². The number of aromatic nitrogens is 4. The van der Waals surface area contributed by atoms with Gasteiger partial charge in [0, 0.05) is 4.88 Å². The number of carbonyl (C=O) groups is 1. The molecular weight excluding hydrogens is 342 g/mol. The van der Waals surface area contributed by atoms with E-state index in [1.165, 1.54) is 27.8 Å². The molecule has 2 aromatic heterocycles. The fourth-order valence-corrected chi connectivity index (χ4v) is 3.63. The Balaban J connectivity index is 1.57. The SMILES string of the molecule is Cc1ccc(-n2nnnc2SCC(=O)NCc2sccc2C)cc1. The molecule has 0 spiro atoms. The number of benzene rings is 1. The minimum absolute atomic E-state index is 0.0359. The van der Waals surface area contributed by atoms with Gasteiger partial charge in [-0.05, 0) is 53.4 Å². The van der Waals surface area contributed by atoms with Crippen molar-refractivity contribution >= 4 is 29.0 Å². The minimum atomic E-state index is -0.0359. The second-order valence-corrected chi connectivity index (χ2v) is 7.24. The highest BCUT2D eigenvalue weighted by Gasteiger charge is 2.11. The molecule has 0 unspecified atom stereocenters. The van der Waals surface area contributed by atoms with Crippen LogP contribution >= 0.6 is 23.1 Å². The maximum absolute atomic E-state index is 12.0. The maximum atomic E-state index is 12.0. The molecule has 1 amide bonds. The Labute approximate surface area is 148 Å². The molecule has 0 saturated carbocycles. The third-order valence-corrected chi connectivity index (χ3v) is 5.41. The molecular formula is C16H17N5OS2. The number of thiophene rings is 1. The lowest BCUT2D eigenvalue weighted by molar-refractivity contribution is -0.118.